The lowest BCUT2D eigenvalue weighted by Gasteiger charge is -2.16. The van der Waals surface area contributed by atoms with Crippen molar-refractivity contribution in [3.63, 3.8) is 0 Å². The highest BCUT2D eigenvalue weighted by molar-refractivity contribution is 9.10. The van der Waals surface area contributed by atoms with Crippen LogP contribution in [-0.4, -0.2) is 12.6 Å². The van der Waals surface area contributed by atoms with E-state index in [2.05, 4.69) is 41.9 Å². The summed E-state index contributed by atoms with van der Waals surface area (Å²) in [6.07, 6.45) is 3.20. The van der Waals surface area contributed by atoms with Crippen LogP contribution in [0.2, 0.25) is 0 Å². The molecule has 0 aliphatic heterocycles. The average Bonchev–Trinajstić information content (AvgIpc) is 2.99. The van der Waals surface area contributed by atoms with Crippen molar-refractivity contribution in [2.45, 2.75) is 44.6 Å². The second-order valence-corrected chi connectivity index (χ2v) is 6.18. The first-order valence-corrected chi connectivity index (χ1v) is 6.90. The fourth-order valence-corrected chi connectivity index (χ4v) is 2.54. The molecule has 1 aromatic carbocycles. The molecule has 17 heavy (non-hydrogen) atoms. The number of methoxy groups -OCH3 is 1. The number of benzene rings is 1. The molecule has 0 amide bonds. The third-order valence-corrected chi connectivity index (χ3v) is 4.36. The third-order valence-electron chi connectivity index (χ3n) is 3.46. The maximum atomic E-state index is 6.20. The monoisotopic (exact) mass is 297 g/mol. The SMILES string of the molecule is COc1cc(C(C)C)cc(CC2(N)CC2)c1Br. The van der Waals surface area contributed by atoms with Crippen LogP contribution in [0, 0.1) is 0 Å². The Kier molecular flexibility index (Phi) is 3.50. The summed E-state index contributed by atoms with van der Waals surface area (Å²) in [6, 6.07) is 4.36. The molecule has 2 rings (SSSR count). The Labute approximate surface area is 112 Å². The molecule has 3 heteroatoms. The van der Waals surface area contributed by atoms with Gasteiger partial charge in [0.05, 0.1) is 11.6 Å². The number of hydrogen-bond acceptors (Lipinski definition) is 2. The van der Waals surface area contributed by atoms with Gasteiger partial charge >= 0.3 is 0 Å². The largest absolute Gasteiger partial charge is 0.496 e. The molecule has 0 aromatic heterocycles. The molecule has 0 saturated heterocycles. The Bertz CT molecular complexity index is 424. The topological polar surface area (TPSA) is 35.2 Å². The molecule has 0 bridgehead atoms. The van der Waals surface area contributed by atoms with Crippen molar-refractivity contribution >= 4 is 15.9 Å². The molecule has 94 valence electrons. The summed E-state index contributed by atoms with van der Waals surface area (Å²) in [6.45, 7) is 4.39. The van der Waals surface area contributed by atoms with Gasteiger partial charge in [-0.05, 0) is 58.3 Å². The standard InChI is InChI=1S/C14H20BrNO/c1-9(2)10-6-11(8-14(16)4-5-14)13(15)12(7-10)17-3/h6-7,9H,4-5,8,16H2,1-3H3. The van der Waals surface area contributed by atoms with Gasteiger partial charge in [0.25, 0.3) is 0 Å². The smallest absolute Gasteiger partial charge is 0.133 e. The number of halogens is 1. The van der Waals surface area contributed by atoms with E-state index in [4.69, 9.17) is 10.5 Å². The summed E-state index contributed by atoms with van der Waals surface area (Å²) in [7, 11) is 1.71. The van der Waals surface area contributed by atoms with Crippen molar-refractivity contribution in [3.8, 4) is 5.75 Å². The zero-order valence-corrected chi connectivity index (χ0v) is 12.3. The van der Waals surface area contributed by atoms with Crippen LogP contribution in [0.25, 0.3) is 0 Å². The lowest BCUT2D eigenvalue weighted by molar-refractivity contribution is 0.410. The average molecular weight is 298 g/mol. The molecule has 1 aliphatic carbocycles. The third kappa shape index (κ3) is 2.83. The summed E-state index contributed by atoms with van der Waals surface area (Å²) in [5, 5.41) is 0. The second kappa shape index (κ2) is 4.62. The van der Waals surface area contributed by atoms with E-state index in [9.17, 15) is 0 Å². The molecule has 1 aliphatic rings. The maximum Gasteiger partial charge on any atom is 0.133 e. The minimum absolute atomic E-state index is 0.0309. The first kappa shape index (κ1) is 12.9. The quantitative estimate of drug-likeness (QED) is 0.921. The Morgan fingerprint density at radius 1 is 1.41 bits per heavy atom. The number of ether oxygens (including phenoxy) is 1. The molecular formula is C14H20BrNO. The van der Waals surface area contributed by atoms with Crippen molar-refractivity contribution in [2.24, 2.45) is 5.73 Å². The molecule has 0 atom stereocenters. The van der Waals surface area contributed by atoms with E-state index >= 15 is 0 Å². The van der Waals surface area contributed by atoms with E-state index in [1.807, 2.05) is 0 Å². The molecule has 1 fully saturated rings. The lowest BCUT2D eigenvalue weighted by Crippen LogP contribution is -2.24. The van der Waals surface area contributed by atoms with Crippen molar-refractivity contribution in [2.75, 3.05) is 7.11 Å². The van der Waals surface area contributed by atoms with E-state index in [-0.39, 0.29) is 5.54 Å². The summed E-state index contributed by atoms with van der Waals surface area (Å²) in [5.41, 5.74) is 8.82. The van der Waals surface area contributed by atoms with E-state index < -0.39 is 0 Å². The van der Waals surface area contributed by atoms with E-state index in [0.717, 1.165) is 29.5 Å². The van der Waals surface area contributed by atoms with Crippen molar-refractivity contribution < 1.29 is 4.74 Å². The van der Waals surface area contributed by atoms with Crippen LogP contribution in [0.3, 0.4) is 0 Å². The Balaban J connectivity index is 2.37. The van der Waals surface area contributed by atoms with Gasteiger partial charge in [-0.15, -0.1) is 0 Å². The van der Waals surface area contributed by atoms with Gasteiger partial charge in [0.15, 0.2) is 0 Å². The van der Waals surface area contributed by atoms with Crippen LogP contribution in [-0.2, 0) is 6.42 Å². The van der Waals surface area contributed by atoms with Crippen molar-refractivity contribution in [1.82, 2.24) is 0 Å². The fourth-order valence-electron chi connectivity index (χ4n) is 2.01. The van der Waals surface area contributed by atoms with Gasteiger partial charge in [0.1, 0.15) is 5.75 Å². The van der Waals surface area contributed by atoms with Gasteiger partial charge in [-0.25, -0.2) is 0 Å². The van der Waals surface area contributed by atoms with Gasteiger partial charge in [-0.3, -0.25) is 0 Å². The van der Waals surface area contributed by atoms with Gasteiger partial charge in [-0.2, -0.15) is 0 Å². The Morgan fingerprint density at radius 2 is 2.06 bits per heavy atom. The molecule has 0 unspecified atom stereocenters. The predicted molar refractivity (Wildman–Crippen MR) is 74.6 cm³/mol. The summed E-state index contributed by atoms with van der Waals surface area (Å²) in [4.78, 5) is 0. The normalized spacial score (nSPS) is 17.3. The van der Waals surface area contributed by atoms with Gasteiger partial charge in [-0.1, -0.05) is 19.9 Å². The first-order valence-electron chi connectivity index (χ1n) is 6.10. The molecule has 0 radical (unpaired) electrons. The van der Waals surface area contributed by atoms with Gasteiger partial charge < -0.3 is 10.5 Å². The van der Waals surface area contributed by atoms with Crippen LogP contribution in [0.15, 0.2) is 16.6 Å². The summed E-state index contributed by atoms with van der Waals surface area (Å²) < 4.78 is 6.48. The minimum atomic E-state index is 0.0309. The molecule has 1 aromatic rings. The highest BCUT2D eigenvalue weighted by atomic mass is 79.9. The lowest BCUT2D eigenvalue weighted by atomic mass is 9.96. The van der Waals surface area contributed by atoms with E-state index in [1.165, 1.54) is 11.1 Å². The number of hydrogen-bond donors (Lipinski definition) is 1. The molecular weight excluding hydrogens is 278 g/mol. The van der Waals surface area contributed by atoms with Crippen LogP contribution in [0.5, 0.6) is 5.75 Å². The summed E-state index contributed by atoms with van der Waals surface area (Å²) >= 11 is 3.62. The molecule has 1 saturated carbocycles. The number of nitrogens with two attached hydrogens (primary N) is 1. The highest BCUT2D eigenvalue weighted by Gasteiger charge is 2.38. The van der Waals surface area contributed by atoms with Crippen molar-refractivity contribution in [3.05, 3.63) is 27.7 Å². The van der Waals surface area contributed by atoms with Crippen LogP contribution in [0.1, 0.15) is 43.7 Å². The predicted octanol–water partition coefficient (Wildman–Crippen LogP) is 3.61. The second-order valence-electron chi connectivity index (χ2n) is 5.39. The zero-order chi connectivity index (χ0) is 12.6. The van der Waals surface area contributed by atoms with Crippen molar-refractivity contribution in [1.29, 1.82) is 0 Å². The fraction of sp³-hybridized carbons (Fsp3) is 0.571. The summed E-state index contributed by atoms with van der Waals surface area (Å²) in [5.74, 6) is 1.42. The Hall–Kier alpha value is -0.540. The molecule has 2 N–H and O–H groups in total. The zero-order valence-electron chi connectivity index (χ0n) is 10.7. The van der Waals surface area contributed by atoms with Gasteiger partial charge in [0, 0.05) is 5.54 Å². The van der Waals surface area contributed by atoms with Crippen LogP contribution < -0.4 is 10.5 Å². The molecule has 2 nitrogen and oxygen atoms in total. The number of rotatable bonds is 4. The highest BCUT2D eigenvalue weighted by Crippen LogP contribution is 2.40. The maximum absolute atomic E-state index is 6.20. The molecule has 0 heterocycles. The van der Waals surface area contributed by atoms with E-state index in [1.54, 1.807) is 7.11 Å². The van der Waals surface area contributed by atoms with E-state index in [0.29, 0.717) is 5.92 Å². The minimum Gasteiger partial charge on any atom is -0.496 e. The Morgan fingerprint density at radius 3 is 2.53 bits per heavy atom. The first-order chi connectivity index (χ1) is 7.95. The van der Waals surface area contributed by atoms with Crippen LogP contribution >= 0.6 is 15.9 Å². The van der Waals surface area contributed by atoms with Gasteiger partial charge in [0.2, 0.25) is 0 Å². The van der Waals surface area contributed by atoms with Crippen LogP contribution in [0.4, 0.5) is 0 Å². The molecule has 0 spiro atoms.